The van der Waals surface area contributed by atoms with E-state index in [2.05, 4.69) is 9.78 Å². The number of hydrogen-bond acceptors (Lipinski definition) is 8. The van der Waals surface area contributed by atoms with Gasteiger partial charge in [-0.25, -0.2) is 19.4 Å². The quantitative estimate of drug-likeness (QED) is 0.0962. The number of hydrogen-bond donors (Lipinski definition) is 4. The first-order valence-electron chi connectivity index (χ1n) is 12.8. The van der Waals surface area contributed by atoms with Gasteiger partial charge in [0.25, 0.3) is 0 Å². The molecule has 0 heterocycles. The van der Waals surface area contributed by atoms with Crippen molar-refractivity contribution in [3.05, 3.63) is 118 Å². The van der Waals surface area contributed by atoms with Gasteiger partial charge in [0.05, 0.1) is 5.56 Å². The van der Waals surface area contributed by atoms with E-state index in [0.717, 1.165) is 27.5 Å². The molecule has 0 unspecified atom stereocenters. The lowest BCUT2D eigenvalue weighted by molar-refractivity contribution is -0.253. The van der Waals surface area contributed by atoms with E-state index in [1.54, 1.807) is 12.1 Å². The molecule has 0 aliphatic heterocycles. The van der Waals surface area contributed by atoms with Gasteiger partial charge in [-0.3, -0.25) is 10.5 Å². The topological polar surface area (TPSA) is 152 Å². The smallest absolute Gasteiger partial charge is 0.339 e. The van der Waals surface area contributed by atoms with Crippen molar-refractivity contribution in [2.75, 3.05) is 0 Å². The largest absolute Gasteiger partial charge is 0.489 e. The fourth-order valence-electron chi connectivity index (χ4n) is 4.60. The molecule has 0 spiro atoms. The maximum absolute atomic E-state index is 11.9. The maximum Gasteiger partial charge on any atom is 0.339 e. The highest BCUT2D eigenvalue weighted by molar-refractivity contribution is 6.00. The number of carboxylic acid groups (broad SMARTS) is 2. The van der Waals surface area contributed by atoms with Gasteiger partial charge in [-0.2, -0.15) is 0 Å². The summed E-state index contributed by atoms with van der Waals surface area (Å²) in [6.45, 7) is 0.343. The second-order valence-electron chi connectivity index (χ2n) is 9.60. The first kappa shape index (κ1) is 28.5. The zero-order chi connectivity index (χ0) is 29.6. The molecule has 0 saturated heterocycles. The van der Waals surface area contributed by atoms with E-state index in [1.165, 1.54) is 18.2 Å². The van der Waals surface area contributed by atoms with Gasteiger partial charge in [0.15, 0.2) is 0 Å². The lowest BCUT2D eigenvalue weighted by Crippen LogP contribution is -2.04. The Morgan fingerprint density at radius 2 is 1.10 bits per heavy atom. The highest BCUT2D eigenvalue weighted by atomic mass is 17.1. The summed E-state index contributed by atoms with van der Waals surface area (Å²) in [5.41, 5.74) is 3.11. The summed E-state index contributed by atoms with van der Waals surface area (Å²) in [7, 11) is 0. The summed E-state index contributed by atoms with van der Waals surface area (Å²) in [5.74, 6) is -1.55. The van der Waals surface area contributed by atoms with Gasteiger partial charge in [0, 0.05) is 5.56 Å². The van der Waals surface area contributed by atoms with Crippen molar-refractivity contribution in [1.29, 1.82) is 0 Å². The molecular weight excluding hydrogens is 544 g/mol. The van der Waals surface area contributed by atoms with Crippen LogP contribution in [0, 0.1) is 0 Å². The second kappa shape index (κ2) is 12.7. The first-order chi connectivity index (χ1) is 20.3. The SMILES string of the molecule is O=C(O)c1ccc2cc(OCc3ccc(COc4cc5ccc(COO)cc5cc4COO)cc3)c(C(=O)O)cc2c1. The minimum atomic E-state index is -1.18. The Morgan fingerprint density at radius 3 is 1.71 bits per heavy atom. The number of carbonyl (C=O) groups is 2. The molecular formula is C32H26O10. The van der Waals surface area contributed by atoms with Gasteiger partial charge in [0.1, 0.15) is 43.5 Å². The van der Waals surface area contributed by atoms with Crippen molar-refractivity contribution in [2.45, 2.75) is 26.4 Å². The van der Waals surface area contributed by atoms with Gasteiger partial charge in [-0.05, 0) is 80.7 Å². The fraction of sp³-hybridized carbons (Fsp3) is 0.125. The number of carboxylic acids is 2. The van der Waals surface area contributed by atoms with Gasteiger partial charge < -0.3 is 19.7 Å². The number of fused-ring (bicyclic) bond motifs is 2. The van der Waals surface area contributed by atoms with Crippen molar-refractivity contribution in [1.82, 2.24) is 0 Å². The van der Waals surface area contributed by atoms with Crippen LogP contribution in [-0.4, -0.2) is 32.7 Å². The molecule has 214 valence electrons. The van der Waals surface area contributed by atoms with Crippen LogP contribution in [0.5, 0.6) is 11.5 Å². The van der Waals surface area contributed by atoms with E-state index in [4.69, 9.17) is 20.0 Å². The molecule has 0 aliphatic rings. The summed E-state index contributed by atoms with van der Waals surface area (Å²) in [6, 6.07) is 24.2. The third-order valence-corrected chi connectivity index (χ3v) is 6.76. The highest BCUT2D eigenvalue weighted by Crippen LogP contribution is 2.30. The Labute approximate surface area is 239 Å². The molecule has 0 radical (unpaired) electrons. The molecule has 4 N–H and O–H groups in total. The van der Waals surface area contributed by atoms with Crippen molar-refractivity contribution in [3.63, 3.8) is 0 Å². The van der Waals surface area contributed by atoms with E-state index in [-0.39, 0.29) is 43.3 Å². The molecule has 5 aromatic rings. The van der Waals surface area contributed by atoms with Gasteiger partial charge in [0.2, 0.25) is 0 Å². The van der Waals surface area contributed by atoms with Crippen LogP contribution in [0.15, 0.2) is 84.9 Å². The Hall–Kier alpha value is -5.00. The number of ether oxygens (including phenoxy) is 2. The van der Waals surface area contributed by atoms with Crippen LogP contribution in [0.1, 0.15) is 43.0 Å². The summed E-state index contributed by atoms with van der Waals surface area (Å²) in [4.78, 5) is 31.7. The monoisotopic (exact) mass is 570 g/mol. The predicted molar refractivity (Wildman–Crippen MR) is 152 cm³/mol. The van der Waals surface area contributed by atoms with Crippen LogP contribution in [0.4, 0.5) is 0 Å². The molecule has 0 bridgehead atoms. The Kier molecular flexibility index (Phi) is 8.60. The molecule has 10 heteroatoms. The lowest BCUT2D eigenvalue weighted by atomic mass is 10.0. The minimum Gasteiger partial charge on any atom is -0.489 e. The lowest BCUT2D eigenvalue weighted by Gasteiger charge is -2.14. The Bertz CT molecular complexity index is 1760. The molecule has 5 rings (SSSR count). The summed E-state index contributed by atoms with van der Waals surface area (Å²) < 4.78 is 11.9. The summed E-state index contributed by atoms with van der Waals surface area (Å²) >= 11 is 0. The van der Waals surface area contributed by atoms with Crippen LogP contribution in [0.3, 0.4) is 0 Å². The van der Waals surface area contributed by atoms with Crippen molar-refractivity contribution >= 4 is 33.5 Å². The molecule has 0 fully saturated rings. The minimum absolute atomic E-state index is 0.0550. The van der Waals surface area contributed by atoms with Gasteiger partial charge in [-0.15, -0.1) is 0 Å². The van der Waals surface area contributed by atoms with E-state index in [0.29, 0.717) is 22.1 Å². The second-order valence-corrected chi connectivity index (χ2v) is 9.60. The molecule has 0 amide bonds. The highest BCUT2D eigenvalue weighted by Gasteiger charge is 2.15. The Balaban J connectivity index is 1.27. The average Bonchev–Trinajstić information content (AvgIpc) is 2.99. The fourth-order valence-corrected chi connectivity index (χ4v) is 4.60. The molecule has 0 aliphatic carbocycles. The van der Waals surface area contributed by atoms with Crippen molar-refractivity contribution in [2.24, 2.45) is 0 Å². The van der Waals surface area contributed by atoms with Crippen LogP contribution < -0.4 is 9.47 Å². The summed E-state index contributed by atoms with van der Waals surface area (Å²) in [6.07, 6.45) is 0. The average molecular weight is 571 g/mol. The van der Waals surface area contributed by atoms with Crippen LogP contribution in [-0.2, 0) is 36.2 Å². The molecule has 42 heavy (non-hydrogen) atoms. The number of rotatable bonds is 12. The molecule has 0 aromatic heterocycles. The van der Waals surface area contributed by atoms with Crippen molar-refractivity contribution in [3.8, 4) is 11.5 Å². The normalized spacial score (nSPS) is 11.1. The number of benzene rings is 5. The predicted octanol–water partition coefficient (Wildman–Crippen LogP) is 6.53. The van der Waals surface area contributed by atoms with E-state index >= 15 is 0 Å². The van der Waals surface area contributed by atoms with E-state index in [9.17, 15) is 19.8 Å². The Morgan fingerprint density at radius 1 is 0.524 bits per heavy atom. The summed E-state index contributed by atoms with van der Waals surface area (Å²) in [5, 5.41) is 39.6. The van der Waals surface area contributed by atoms with Crippen LogP contribution >= 0.6 is 0 Å². The van der Waals surface area contributed by atoms with Crippen LogP contribution in [0.25, 0.3) is 21.5 Å². The first-order valence-corrected chi connectivity index (χ1v) is 12.8. The van der Waals surface area contributed by atoms with E-state index < -0.39 is 11.9 Å². The molecule has 5 aromatic carbocycles. The zero-order valence-corrected chi connectivity index (χ0v) is 22.1. The van der Waals surface area contributed by atoms with Gasteiger partial charge in [-0.1, -0.05) is 42.5 Å². The maximum atomic E-state index is 11.9. The number of aromatic carboxylic acids is 2. The van der Waals surface area contributed by atoms with E-state index in [1.807, 2.05) is 54.6 Å². The third kappa shape index (κ3) is 6.48. The van der Waals surface area contributed by atoms with Gasteiger partial charge >= 0.3 is 11.9 Å². The standard InChI is InChI=1S/C32H26O10/c33-31(34)24-8-7-23-14-30(28(32(35)36)12-26(23)10-24)40-16-20-3-1-19(2-4-20)15-39-29-13-22-6-5-21(17-41-37)9-25(22)11-27(29)18-42-38/h1-14,37-38H,15-18H2,(H,33,34)(H,35,36). The molecule has 0 atom stereocenters. The van der Waals surface area contributed by atoms with Crippen molar-refractivity contribution < 1.29 is 49.6 Å². The zero-order valence-electron chi connectivity index (χ0n) is 22.1. The third-order valence-electron chi connectivity index (χ3n) is 6.76. The van der Waals surface area contributed by atoms with Crippen LogP contribution in [0.2, 0.25) is 0 Å². The molecule has 10 nitrogen and oxygen atoms in total. The molecule has 0 saturated carbocycles.